The molecule has 0 aromatic heterocycles. The Kier molecular flexibility index (Phi) is 2.93. The van der Waals surface area contributed by atoms with Crippen molar-refractivity contribution in [3.8, 4) is 0 Å². The molecule has 5 heteroatoms. The van der Waals surface area contributed by atoms with Gasteiger partial charge in [-0.15, -0.1) is 0 Å². The van der Waals surface area contributed by atoms with E-state index in [0.29, 0.717) is 12.8 Å². The average Bonchev–Trinajstić information content (AvgIpc) is 2.71. The van der Waals surface area contributed by atoms with Gasteiger partial charge in [0.05, 0.1) is 0 Å². The number of hydrogen-bond donors (Lipinski definition) is 3. The number of nitrogens with two attached hydrogens (primary N) is 1. The minimum absolute atomic E-state index is 0.0426. The van der Waals surface area contributed by atoms with Crippen molar-refractivity contribution in [3.05, 3.63) is 0 Å². The number of carbonyl (C=O) groups is 2. The number of nitrogens with one attached hydrogen (secondary N) is 2. The summed E-state index contributed by atoms with van der Waals surface area (Å²) in [6, 6.07) is -0.264. The van der Waals surface area contributed by atoms with Crippen molar-refractivity contribution in [1.29, 1.82) is 0 Å². The van der Waals surface area contributed by atoms with Gasteiger partial charge in [-0.1, -0.05) is 27.7 Å². The molecule has 5 nitrogen and oxygen atoms in total. The Morgan fingerprint density at radius 1 is 1.33 bits per heavy atom. The van der Waals surface area contributed by atoms with E-state index < -0.39 is 0 Å². The number of hydrogen-bond acceptors (Lipinski definition) is 3. The van der Waals surface area contributed by atoms with Crippen molar-refractivity contribution in [2.75, 3.05) is 0 Å². The summed E-state index contributed by atoms with van der Waals surface area (Å²) < 4.78 is 0. The van der Waals surface area contributed by atoms with Crippen LogP contribution in [0.5, 0.6) is 0 Å². The largest absolute Gasteiger partial charge is 0.350 e. The molecule has 1 atom stereocenters. The molecule has 0 aromatic rings. The summed E-state index contributed by atoms with van der Waals surface area (Å²) in [7, 11) is 0. The van der Waals surface area contributed by atoms with E-state index in [0.717, 1.165) is 0 Å². The van der Waals surface area contributed by atoms with Crippen LogP contribution >= 0.6 is 0 Å². The van der Waals surface area contributed by atoms with Crippen LogP contribution in [0.2, 0.25) is 0 Å². The average molecular weight is 253 g/mol. The Balaban J connectivity index is 2.01. The Morgan fingerprint density at radius 2 is 1.89 bits per heavy atom. The van der Waals surface area contributed by atoms with Gasteiger partial charge in [0.25, 0.3) is 0 Å². The molecule has 0 bridgehead atoms. The highest BCUT2D eigenvalue weighted by molar-refractivity contribution is 5.91. The quantitative estimate of drug-likeness (QED) is 0.654. The standard InChI is InChI=1S/C13H23N3O2/c1-12(2)10(14)13(3,4)11(12)16-9(18)7-5-6-8(17)15-7/h7,10-11H,5-6,14H2,1-4H3,(H,15,17)(H,16,18)/t7-,10?,11?/m1/s1. The lowest BCUT2D eigenvalue weighted by atomic mass is 9.48. The van der Waals surface area contributed by atoms with Crippen LogP contribution in [0.25, 0.3) is 0 Å². The van der Waals surface area contributed by atoms with Crippen LogP contribution in [0.15, 0.2) is 0 Å². The maximum atomic E-state index is 12.1. The molecule has 0 aromatic carbocycles. The molecule has 0 unspecified atom stereocenters. The smallest absolute Gasteiger partial charge is 0.242 e. The van der Waals surface area contributed by atoms with Crippen LogP contribution in [0, 0.1) is 10.8 Å². The third-order valence-corrected chi connectivity index (χ3v) is 4.69. The number of amides is 2. The van der Waals surface area contributed by atoms with E-state index in [1.54, 1.807) is 0 Å². The Labute approximate surface area is 108 Å². The van der Waals surface area contributed by atoms with Crippen LogP contribution < -0.4 is 16.4 Å². The van der Waals surface area contributed by atoms with Crippen LogP contribution in [0.3, 0.4) is 0 Å². The highest BCUT2D eigenvalue weighted by atomic mass is 16.2. The lowest BCUT2D eigenvalue weighted by Gasteiger charge is -2.63. The Hall–Kier alpha value is -1.10. The van der Waals surface area contributed by atoms with Crippen molar-refractivity contribution in [2.45, 2.75) is 58.7 Å². The summed E-state index contributed by atoms with van der Waals surface area (Å²) >= 11 is 0. The van der Waals surface area contributed by atoms with Gasteiger partial charge in [-0.25, -0.2) is 0 Å². The molecule has 1 saturated carbocycles. The van der Waals surface area contributed by atoms with Gasteiger partial charge in [0.2, 0.25) is 11.8 Å². The van der Waals surface area contributed by atoms with Crippen molar-refractivity contribution >= 4 is 11.8 Å². The van der Waals surface area contributed by atoms with Gasteiger partial charge in [-0.2, -0.15) is 0 Å². The van der Waals surface area contributed by atoms with Crippen LogP contribution in [0.4, 0.5) is 0 Å². The predicted octanol–water partition coefficient (Wildman–Crippen LogP) is 0.143. The SMILES string of the molecule is CC1(C)C(N)C(C)(C)C1NC(=O)[C@H]1CCC(=O)N1. The van der Waals surface area contributed by atoms with Crippen LogP contribution in [0.1, 0.15) is 40.5 Å². The molecule has 4 N–H and O–H groups in total. The van der Waals surface area contributed by atoms with Crippen molar-refractivity contribution in [3.63, 3.8) is 0 Å². The van der Waals surface area contributed by atoms with Crippen molar-refractivity contribution in [1.82, 2.24) is 10.6 Å². The first-order valence-corrected chi connectivity index (χ1v) is 6.52. The molecule has 2 fully saturated rings. The highest BCUT2D eigenvalue weighted by Crippen LogP contribution is 2.52. The molecule has 1 aliphatic heterocycles. The molecule has 1 saturated heterocycles. The Bertz CT molecular complexity index is 374. The fourth-order valence-electron chi connectivity index (χ4n) is 3.61. The zero-order valence-corrected chi connectivity index (χ0v) is 11.5. The lowest BCUT2D eigenvalue weighted by Crippen LogP contribution is -2.76. The second kappa shape index (κ2) is 3.95. The molecular weight excluding hydrogens is 230 g/mol. The van der Waals surface area contributed by atoms with E-state index in [1.165, 1.54) is 0 Å². The zero-order chi connectivity index (χ0) is 13.7. The van der Waals surface area contributed by atoms with Gasteiger partial charge in [0, 0.05) is 29.3 Å². The molecule has 102 valence electrons. The first kappa shape index (κ1) is 13.3. The summed E-state index contributed by atoms with van der Waals surface area (Å²) in [4.78, 5) is 23.2. The predicted molar refractivity (Wildman–Crippen MR) is 68.6 cm³/mol. The molecule has 2 amide bonds. The summed E-state index contributed by atoms with van der Waals surface area (Å²) in [6.07, 6.45) is 1.03. The van der Waals surface area contributed by atoms with Gasteiger partial charge >= 0.3 is 0 Å². The lowest BCUT2D eigenvalue weighted by molar-refractivity contribution is -0.134. The van der Waals surface area contributed by atoms with Crippen LogP contribution in [-0.4, -0.2) is 29.9 Å². The van der Waals surface area contributed by atoms with E-state index in [-0.39, 0.29) is 40.8 Å². The van der Waals surface area contributed by atoms with Crippen LogP contribution in [-0.2, 0) is 9.59 Å². The molecule has 0 radical (unpaired) electrons. The molecule has 18 heavy (non-hydrogen) atoms. The fraction of sp³-hybridized carbons (Fsp3) is 0.846. The highest BCUT2D eigenvalue weighted by Gasteiger charge is 2.60. The van der Waals surface area contributed by atoms with Gasteiger partial charge in [-0.3, -0.25) is 9.59 Å². The second-order valence-electron chi connectivity index (χ2n) is 6.72. The number of rotatable bonds is 2. The molecule has 1 heterocycles. The maximum absolute atomic E-state index is 12.1. The zero-order valence-electron chi connectivity index (χ0n) is 11.5. The first-order valence-electron chi connectivity index (χ1n) is 6.52. The third kappa shape index (κ3) is 1.81. The minimum Gasteiger partial charge on any atom is -0.350 e. The third-order valence-electron chi connectivity index (χ3n) is 4.69. The normalized spacial score (nSPS) is 36.7. The summed E-state index contributed by atoms with van der Waals surface area (Å²) in [5.41, 5.74) is 5.94. The van der Waals surface area contributed by atoms with E-state index in [1.807, 2.05) is 0 Å². The fourth-order valence-corrected chi connectivity index (χ4v) is 3.61. The van der Waals surface area contributed by atoms with Gasteiger partial charge < -0.3 is 16.4 Å². The Morgan fingerprint density at radius 3 is 2.33 bits per heavy atom. The summed E-state index contributed by atoms with van der Waals surface area (Å²) in [5.74, 6) is -0.127. The molecule has 0 spiro atoms. The van der Waals surface area contributed by atoms with E-state index in [2.05, 4.69) is 38.3 Å². The maximum Gasteiger partial charge on any atom is 0.242 e. The molecule has 1 aliphatic carbocycles. The van der Waals surface area contributed by atoms with Gasteiger partial charge in [-0.05, 0) is 6.42 Å². The van der Waals surface area contributed by atoms with E-state index >= 15 is 0 Å². The minimum atomic E-state index is -0.374. The summed E-state index contributed by atoms with van der Waals surface area (Å²) in [5, 5.41) is 5.75. The first-order chi connectivity index (χ1) is 8.17. The van der Waals surface area contributed by atoms with Crippen molar-refractivity contribution < 1.29 is 9.59 Å². The molecule has 2 aliphatic rings. The van der Waals surface area contributed by atoms with Crippen molar-refractivity contribution in [2.24, 2.45) is 16.6 Å². The number of carbonyl (C=O) groups excluding carboxylic acids is 2. The monoisotopic (exact) mass is 253 g/mol. The van der Waals surface area contributed by atoms with E-state index in [9.17, 15) is 9.59 Å². The topological polar surface area (TPSA) is 84.2 Å². The summed E-state index contributed by atoms with van der Waals surface area (Å²) in [6.45, 7) is 8.28. The molecule has 2 rings (SSSR count). The van der Waals surface area contributed by atoms with Gasteiger partial charge in [0.1, 0.15) is 6.04 Å². The molecular formula is C13H23N3O2. The van der Waals surface area contributed by atoms with Gasteiger partial charge in [0.15, 0.2) is 0 Å². The second-order valence-corrected chi connectivity index (χ2v) is 6.72. The van der Waals surface area contributed by atoms with E-state index in [4.69, 9.17) is 5.73 Å².